The first-order chi connectivity index (χ1) is 10.2. The van der Waals surface area contributed by atoms with Gasteiger partial charge in [-0.2, -0.15) is 20.2 Å². The summed E-state index contributed by atoms with van der Waals surface area (Å²) in [4.78, 5) is 20.3. The van der Waals surface area contributed by atoms with Gasteiger partial charge in [-0.05, 0) is 13.0 Å². The third-order valence-electron chi connectivity index (χ3n) is 2.89. The summed E-state index contributed by atoms with van der Waals surface area (Å²) in [7, 11) is 1.56. The number of anilines is 1. The topological polar surface area (TPSA) is 113 Å². The Morgan fingerprint density at radius 3 is 3.05 bits per heavy atom. The Balaban J connectivity index is 2.12. The Hall–Kier alpha value is -2.97. The molecule has 0 saturated carbocycles. The minimum absolute atomic E-state index is 0.252. The summed E-state index contributed by atoms with van der Waals surface area (Å²) in [5.74, 6) is 0.777. The summed E-state index contributed by atoms with van der Waals surface area (Å²) >= 11 is 0. The molecule has 3 rings (SSSR count). The molecule has 3 N–H and O–H groups in total. The van der Waals surface area contributed by atoms with Gasteiger partial charge in [0.05, 0.1) is 11.6 Å². The van der Waals surface area contributed by atoms with Gasteiger partial charge >= 0.3 is 0 Å². The first-order valence-corrected chi connectivity index (χ1v) is 6.46. The number of aromatic nitrogens is 6. The van der Waals surface area contributed by atoms with E-state index in [9.17, 15) is 4.79 Å². The number of amides is 1. The average molecular weight is 286 g/mol. The summed E-state index contributed by atoms with van der Waals surface area (Å²) in [5.41, 5.74) is 0.922. The lowest BCUT2D eigenvalue weighted by Crippen LogP contribution is -2.18. The molecule has 0 bridgehead atoms. The third-order valence-corrected chi connectivity index (χ3v) is 2.89. The van der Waals surface area contributed by atoms with E-state index in [4.69, 9.17) is 0 Å². The van der Waals surface area contributed by atoms with E-state index in [0.29, 0.717) is 29.7 Å². The second-order valence-electron chi connectivity index (χ2n) is 4.26. The van der Waals surface area contributed by atoms with E-state index < -0.39 is 0 Å². The SMILES string of the molecule is CCNc1nc(-n2ccc(C(=O)NC)n2)c2cn[nH]c2n1. The number of hydrogen-bond donors (Lipinski definition) is 3. The highest BCUT2D eigenvalue weighted by Gasteiger charge is 2.14. The van der Waals surface area contributed by atoms with Gasteiger partial charge in [0.1, 0.15) is 0 Å². The molecule has 0 fully saturated rings. The Labute approximate surface area is 119 Å². The number of carbonyl (C=O) groups is 1. The van der Waals surface area contributed by atoms with Crippen LogP contribution in [0.15, 0.2) is 18.5 Å². The molecule has 9 heteroatoms. The molecule has 0 radical (unpaired) electrons. The number of aromatic amines is 1. The second kappa shape index (κ2) is 5.19. The zero-order valence-electron chi connectivity index (χ0n) is 11.6. The highest BCUT2D eigenvalue weighted by Crippen LogP contribution is 2.18. The van der Waals surface area contributed by atoms with Gasteiger partial charge < -0.3 is 10.6 Å². The van der Waals surface area contributed by atoms with Crippen molar-refractivity contribution in [1.82, 2.24) is 35.3 Å². The monoisotopic (exact) mass is 286 g/mol. The van der Waals surface area contributed by atoms with Crippen molar-refractivity contribution in [3.05, 3.63) is 24.2 Å². The number of hydrogen-bond acceptors (Lipinski definition) is 6. The molecule has 21 heavy (non-hydrogen) atoms. The minimum atomic E-state index is -0.252. The number of nitrogens with one attached hydrogen (secondary N) is 3. The van der Waals surface area contributed by atoms with Crippen molar-refractivity contribution < 1.29 is 4.79 Å². The van der Waals surface area contributed by atoms with Crippen molar-refractivity contribution >= 4 is 22.9 Å². The molecule has 0 atom stereocenters. The molecule has 3 heterocycles. The lowest BCUT2D eigenvalue weighted by molar-refractivity contribution is 0.0957. The quantitative estimate of drug-likeness (QED) is 0.637. The standard InChI is InChI=1S/C12H14N8O/c1-3-14-12-16-9-7(6-15-18-9)10(17-12)20-5-4-8(19-20)11(21)13-2/h4-6H,3H2,1-2H3,(H,13,21)(H2,14,15,16,17,18). The molecular formula is C12H14N8O. The molecule has 0 unspecified atom stereocenters. The summed E-state index contributed by atoms with van der Waals surface area (Å²) in [6.07, 6.45) is 3.30. The summed E-state index contributed by atoms with van der Waals surface area (Å²) in [6.45, 7) is 2.65. The Morgan fingerprint density at radius 2 is 2.29 bits per heavy atom. The van der Waals surface area contributed by atoms with Gasteiger partial charge in [0, 0.05) is 19.8 Å². The van der Waals surface area contributed by atoms with Crippen LogP contribution in [-0.2, 0) is 0 Å². The van der Waals surface area contributed by atoms with Crippen LogP contribution >= 0.6 is 0 Å². The number of carbonyl (C=O) groups excluding carboxylic acids is 1. The van der Waals surface area contributed by atoms with Gasteiger partial charge in [0.25, 0.3) is 5.91 Å². The van der Waals surface area contributed by atoms with E-state index in [-0.39, 0.29) is 5.91 Å². The van der Waals surface area contributed by atoms with Crippen LogP contribution in [-0.4, -0.2) is 49.4 Å². The fourth-order valence-electron chi connectivity index (χ4n) is 1.92. The molecule has 0 aliphatic heterocycles. The van der Waals surface area contributed by atoms with Crippen LogP contribution in [0.1, 0.15) is 17.4 Å². The summed E-state index contributed by atoms with van der Waals surface area (Å²) in [6, 6.07) is 1.62. The maximum Gasteiger partial charge on any atom is 0.271 e. The second-order valence-corrected chi connectivity index (χ2v) is 4.26. The van der Waals surface area contributed by atoms with Gasteiger partial charge in [-0.1, -0.05) is 0 Å². The average Bonchev–Trinajstić information content (AvgIpc) is 3.14. The van der Waals surface area contributed by atoms with E-state index in [0.717, 1.165) is 5.39 Å². The molecule has 0 aromatic carbocycles. The number of H-pyrrole nitrogens is 1. The van der Waals surface area contributed by atoms with Crippen LogP contribution in [0.5, 0.6) is 0 Å². The molecule has 108 valence electrons. The van der Waals surface area contributed by atoms with E-state index in [1.54, 1.807) is 25.5 Å². The van der Waals surface area contributed by atoms with Crippen LogP contribution in [0.3, 0.4) is 0 Å². The van der Waals surface area contributed by atoms with Crippen LogP contribution in [0.4, 0.5) is 5.95 Å². The largest absolute Gasteiger partial charge is 0.354 e. The van der Waals surface area contributed by atoms with Gasteiger partial charge in [0.15, 0.2) is 17.2 Å². The highest BCUT2D eigenvalue weighted by molar-refractivity contribution is 5.92. The van der Waals surface area contributed by atoms with Crippen LogP contribution < -0.4 is 10.6 Å². The molecule has 0 spiro atoms. The summed E-state index contributed by atoms with van der Waals surface area (Å²) in [5, 5.41) is 17.3. The predicted octanol–water partition coefficient (Wildman–Crippen LogP) is 0.330. The third kappa shape index (κ3) is 2.29. The highest BCUT2D eigenvalue weighted by atomic mass is 16.1. The van der Waals surface area contributed by atoms with Crippen LogP contribution in [0.25, 0.3) is 16.9 Å². The first kappa shape index (κ1) is 13.0. The van der Waals surface area contributed by atoms with E-state index in [1.165, 1.54) is 4.68 Å². The Morgan fingerprint density at radius 1 is 1.43 bits per heavy atom. The van der Waals surface area contributed by atoms with Crippen molar-refractivity contribution in [3.8, 4) is 5.82 Å². The molecule has 1 amide bonds. The fourth-order valence-corrected chi connectivity index (χ4v) is 1.92. The van der Waals surface area contributed by atoms with E-state index >= 15 is 0 Å². The molecule has 3 aromatic heterocycles. The molecule has 0 aliphatic carbocycles. The Kier molecular flexibility index (Phi) is 3.22. The van der Waals surface area contributed by atoms with Crippen LogP contribution in [0.2, 0.25) is 0 Å². The van der Waals surface area contributed by atoms with Crippen molar-refractivity contribution in [2.24, 2.45) is 0 Å². The predicted molar refractivity (Wildman–Crippen MR) is 76.4 cm³/mol. The molecule has 0 saturated heterocycles. The zero-order chi connectivity index (χ0) is 14.8. The first-order valence-electron chi connectivity index (χ1n) is 6.46. The number of fused-ring (bicyclic) bond motifs is 1. The van der Waals surface area contributed by atoms with E-state index in [1.807, 2.05) is 6.92 Å². The van der Waals surface area contributed by atoms with Gasteiger partial charge in [-0.25, -0.2) is 4.68 Å². The Bertz CT molecular complexity index is 790. The van der Waals surface area contributed by atoms with E-state index in [2.05, 4.69) is 35.9 Å². The van der Waals surface area contributed by atoms with Crippen LogP contribution in [0, 0.1) is 0 Å². The number of nitrogens with zero attached hydrogens (tertiary/aromatic N) is 5. The fraction of sp³-hybridized carbons (Fsp3) is 0.250. The van der Waals surface area contributed by atoms with Crippen molar-refractivity contribution in [2.45, 2.75) is 6.92 Å². The molecule has 0 aliphatic rings. The van der Waals surface area contributed by atoms with Gasteiger partial charge in [-0.3, -0.25) is 9.89 Å². The van der Waals surface area contributed by atoms with Gasteiger partial charge in [0.2, 0.25) is 5.95 Å². The zero-order valence-corrected chi connectivity index (χ0v) is 11.6. The summed E-state index contributed by atoms with van der Waals surface area (Å²) < 4.78 is 1.53. The molecule has 9 nitrogen and oxygen atoms in total. The lowest BCUT2D eigenvalue weighted by Gasteiger charge is -2.06. The minimum Gasteiger partial charge on any atom is -0.354 e. The smallest absolute Gasteiger partial charge is 0.271 e. The normalized spacial score (nSPS) is 10.8. The van der Waals surface area contributed by atoms with Crippen molar-refractivity contribution in [1.29, 1.82) is 0 Å². The van der Waals surface area contributed by atoms with Crippen molar-refractivity contribution in [3.63, 3.8) is 0 Å². The lowest BCUT2D eigenvalue weighted by atomic mass is 10.4. The molecular weight excluding hydrogens is 272 g/mol. The maximum atomic E-state index is 11.6. The van der Waals surface area contributed by atoms with Gasteiger partial charge in [-0.15, -0.1) is 0 Å². The maximum absolute atomic E-state index is 11.6. The number of rotatable bonds is 4. The van der Waals surface area contributed by atoms with Crippen molar-refractivity contribution in [2.75, 3.05) is 18.9 Å². The molecule has 3 aromatic rings.